The van der Waals surface area contributed by atoms with Crippen LogP contribution in [0.2, 0.25) is 0 Å². The van der Waals surface area contributed by atoms with E-state index in [0.29, 0.717) is 24.8 Å². The lowest BCUT2D eigenvalue weighted by molar-refractivity contribution is -0.114. The Morgan fingerprint density at radius 1 is 1.38 bits per heavy atom. The van der Waals surface area contributed by atoms with Gasteiger partial charge in [-0.3, -0.25) is 9.79 Å². The number of guanidine groups is 1. The lowest BCUT2D eigenvalue weighted by atomic mass is 9.96. The van der Waals surface area contributed by atoms with Crippen molar-refractivity contribution in [1.82, 2.24) is 10.6 Å². The second kappa shape index (κ2) is 8.66. The van der Waals surface area contributed by atoms with Gasteiger partial charge in [0.15, 0.2) is 5.96 Å². The van der Waals surface area contributed by atoms with E-state index in [1.54, 1.807) is 7.05 Å². The van der Waals surface area contributed by atoms with Crippen LogP contribution < -0.4 is 16.0 Å². The first-order chi connectivity index (χ1) is 11.1. The van der Waals surface area contributed by atoms with Crippen molar-refractivity contribution < 1.29 is 9.53 Å². The molecule has 0 aliphatic carbocycles. The van der Waals surface area contributed by atoms with E-state index < -0.39 is 0 Å². The molecule has 1 aromatic rings. The molecule has 2 aliphatic heterocycles. The van der Waals surface area contributed by atoms with E-state index >= 15 is 0 Å². The fourth-order valence-corrected chi connectivity index (χ4v) is 3.31. The number of hydrogen-bond donors (Lipinski definition) is 3. The van der Waals surface area contributed by atoms with Crippen molar-refractivity contribution in [3.8, 4) is 0 Å². The Balaban J connectivity index is 0.00000208. The summed E-state index contributed by atoms with van der Waals surface area (Å²) in [5.74, 6) is 0.722. The summed E-state index contributed by atoms with van der Waals surface area (Å²) in [7, 11) is 1.77. The third-order valence-electron chi connectivity index (χ3n) is 4.36. The molecular formula is C17H25IN4O2. The quantitative estimate of drug-likeness (QED) is 0.379. The molecule has 3 rings (SSSR count). The monoisotopic (exact) mass is 444 g/mol. The number of carbonyl (C=O) groups is 1. The van der Waals surface area contributed by atoms with Crippen molar-refractivity contribution in [1.29, 1.82) is 0 Å². The van der Waals surface area contributed by atoms with Crippen LogP contribution in [0, 0.1) is 0 Å². The summed E-state index contributed by atoms with van der Waals surface area (Å²) in [4.78, 5) is 15.4. The molecule has 6 nitrogen and oxygen atoms in total. The molecule has 3 unspecified atom stereocenters. The maximum atomic E-state index is 11.1. The molecule has 1 aromatic carbocycles. The zero-order chi connectivity index (χ0) is 16.2. The Labute approximate surface area is 159 Å². The Hall–Kier alpha value is -1.35. The maximum Gasteiger partial charge on any atom is 0.221 e. The van der Waals surface area contributed by atoms with Gasteiger partial charge >= 0.3 is 0 Å². The topological polar surface area (TPSA) is 74.8 Å². The number of nitrogens with one attached hydrogen (secondary N) is 3. The second-order valence-electron chi connectivity index (χ2n) is 6.17. The van der Waals surface area contributed by atoms with Crippen molar-refractivity contribution in [3.63, 3.8) is 0 Å². The molecule has 2 heterocycles. The van der Waals surface area contributed by atoms with Crippen molar-refractivity contribution in [3.05, 3.63) is 29.8 Å². The van der Waals surface area contributed by atoms with E-state index in [2.05, 4.69) is 20.9 Å². The van der Waals surface area contributed by atoms with Gasteiger partial charge in [-0.1, -0.05) is 12.1 Å². The van der Waals surface area contributed by atoms with Crippen LogP contribution in [-0.4, -0.2) is 37.2 Å². The van der Waals surface area contributed by atoms with Crippen LogP contribution in [0.4, 0.5) is 5.69 Å². The van der Waals surface area contributed by atoms with Crippen LogP contribution in [0.1, 0.15) is 31.7 Å². The molecule has 2 bridgehead atoms. The van der Waals surface area contributed by atoms with E-state index in [1.165, 1.54) is 13.3 Å². The molecule has 3 atom stereocenters. The Kier molecular flexibility index (Phi) is 6.85. The fourth-order valence-electron chi connectivity index (χ4n) is 3.31. The molecule has 0 radical (unpaired) electrons. The molecule has 24 heavy (non-hydrogen) atoms. The summed E-state index contributed by atoms with van der Waals surface area (Å²) in [5, 5.41) is 9.58. The summed E-state index contributed by atoms with van der Waals surface area (Å²) in [6.45, 7) is 2.16. The number of hydrogen-bond acceptors (Lipinski definition) is 3. The average Bonchev–Trinajstić information content (AvgIpc) is 3.13. The Morgan fingerprint density at radius 2 is 2.21 bits per heavy atom. The van der Waals surface area contributed by atoms with Gasteiger partial charge in [0.1, 0.15) is 0 Å². The first kappa shape index (κ1) is 19.0. The molecule has 0 saturated carbocycles. The van der Waals surface area contributed by atoms with E-state index in [9.17, 15) is 4.79 Å². The number of rotatable bonds is 4. The maximum absolute atomic E-state index is 11.1. The Bertz CT molecular complexity index is 608. The third-order valence-corrected chi connectivity index (χ3v) is 4.36. The highest BCUT2D eigenvalue weighted by Gasteiger charge is 2.41. The number of carbonyl (C=O) groups excluding carboxylic acids is 1. The van der Waals surface area contributed by atoms with Crippen LogP contribution >= 0.6 is 24.0 Å². The largest absolute Gasteiger partial charge is 0.373 e. The predicted molar refractivity (Wildman–Crippen MR) is 106 cm³/mol. The van der Waals surface area contributed by atoms with Crippen LogP contribution in [-0.2, 0) is 16.1 Å². The second-order valence-corrected chi connectivity index (χ2v) is 6.17. The van der Waals surface area contributed by atoms with Crippen LogP contribution in [0.25, 0.3) is 0 Å². The number of halogens is 1. The van der Waals surface area contributed by atoms with Crippen LogP contribution in [0.3, 0.4) is 0 Å². The number of fused-ring (bicyclic) bond motifs is 2. The highest BCUT2D eigenvalue weighted by molar-refractivity contribution is 14.0. The van der Waals surface area contributed by atoms with Gasteiger partial charge in [-0.2, -0.15) is 0 Å². The van der Waals surface area contributed by atoms with Crippen molar-refractivity contribution in [2.45, 2.75) is 51.0 Å². The lowest BCUT2D eigenvalue weighted by Crippen LogP contribution is -2.47. The molecule has 0 spiro atoms. The number of anilines is 1. The molecular weight excluding hydrogens is 419 g/mol. The highest BCUT2D eigenvalue weighted by atomic mass is 127. The highest BCUT2D eigenvalue weighted by Crippen LogP contribution is 2.34. The molecule has 7 heteroatoms. The smallest absolute Gasteiger partial charge is 0.221 e. The van der Waals surface area contributed by atoms with Gasteiger partial charge in [-0.05, 0) is 37.0 Å². The molecule has 2 aliphatic rings. The third kappa shape index (κ3) is 4.83. The van der Waals surface area contributed by atoms with Crippen molar-refractivity contribution >= 4 is 41.5 Å². The summed E-state index contributed by atoms with van der Waals surface area (Å²) in [5.41, 5.74) is 1.89. The van der Waals surface area contributed by atoms with Crippen LogP contribution in [0.15, 0.2) is 29.3 Å². The van der Waals surface area contributed by atoms with Gasteiger partial charge in [0.2, 0.25) is 5.91 Å². The molecule has 1 amide bonds. The lowest BCUT2D eigenvalue weighted by Gasteiger charge is -2.22. The fraction of sp³-hybridized carbons (Fsp3) is 0.529. The summed E-state index contributed by atoms with van der Waals surface area (Å²) >= 11 is 0. The van der Waals surface area contributed by atoms with Crippen molar-refractivity contribution in [2.75, 3.05) is 12.4 Å². The van der Waals surface area contributed by atoms with E-state index in [0.717, 1.165) is 30.1 Å². The Morgan fingerprint density at radius 3 is 2.83 bits per heavy atom. The van der Waals surface area contributed by atoms with E-state index in [4.69, 9.17) is 4.74 Å². The van der Waals surface area contributed by atoms with Crippen LogP contribution in [0.5, 0.6) is 0 Å². The van der Waals surface area contributed by atoms with Gasteiger partial charge in [0.05, 0.1) is 18.2 Å². The molecule has 2 saturated heterocycles. The standard InChI is InChI=1S/C17H24N4O2.HI/c1-11(22)20-13-5-3-4-12(8-13)10-19-17(18-2)21-15-9-14-6-7-16(15)23-14;/h3-5,8,14-16H,6-7,9-10H2,1-2H3,(H,20,22)(H2,18,19,21);1H. The van der Waals surface area contributed by atoms with Crippen molar-refractivity contribution in [2.24, 2.45) is 4.99 Å². The molecule has 132 valence electrons. The van der Waals surface area contributed by atoms with Gasteiger partial charge in [0, 0.05) is 26.2 Å². The number of aliphatic imine (C=N–C) groups is 1. The minimum atomic E-state index is -0.0659. The van der Waals surface area contributed by atoms with E-state index in [1.807, 2.05) is 24.3 Å². The minimum absolute atomic E-state index is 0. The van der Waals surface area contributed by atoms with Gasteiger partial charge in [-0.15, -0.1) is 24.0 Å². The zero-order valence-corrected chi connectivity index (χ0v) is 16.4. The molecule has 2 fully saturated rings. The van der Waals surface area contributed by atoms with Gasteiger partial charge in [-0.25, -0.2) is 0 Å². The first-order valence-corrected chi connectivity index (χ1v) is 8.13. The molecule has 3 N–H and O–H groups in total. The number of amides is 1. The normalized spacial score (nSPS) is 25.1. The van der Waals surface area contributed by atoms with E-state index in [-0.39, 0.29) is 29.9 Å². The summed E-state index contributed by atoms with van der Waals surface area (Å²) in [6, 6.07) is 8.15. The number of nitrogens with zero attached hydrogens (tertiary/aromatic N) is 1. The minimum Gasteiger partial charge on any atom is -0.373 e. The van der Waals surface area contributed by atoms with Gasteiger partial charge < -0.3 is 20.7 Å². The SMILES string of the molecule is CN=C(NCc1cccc(NC(C)=O)c1)NC1CC2CCC1O2.I. The summed E-state index contributed by atoms with van der Waals surface area (Å²) in [6.07, 6.45) is 4.12. The number of benzene rings is 1. The zero-order valence-electron chi connectivity index (χ0n) is 14.0. The summed E-state index contributed by atoms with van der Waals surface area (Å²) < 4.78 is 5.86. The average molecular weight is 444 g/mol. The molecule has 0 aromatic heterocycles. The number of ether oxygens (including phenoxy) is 1. The first-order valence-electron chi connectivity index (χ1n) is 8.13. The predicted octanol–water partition coefficient (Wildman–Crippen LogP) is 2.25. The van der Waals surface area contributed by atoms with Gasteiger partial charge in [0.25, 0.3) is 0 Å².